The molecule has 2 aromatic carbocycles. The number of carbonyl (C=O) groups excluding carboxylic acids is 1. The summed E-state index contributed by atoms with van der Waals surface area (Å²) in [5, 5.41) is 1.12. The maximum absolute atomic E-state index is 11.3. The first-order valence-electron chi connectivity index (χ1n) is 7.77. The lowest BCUT2D eigenvalue weighted by Crippen LogP contribution is -1.90. The summed E-state index contributed by atoms with van der Waals surface area (Å²) in [5.41, 5.74) is 1.70. The molecule has 5 heteroatoms. The fourth-order valence-electron chi connectivity index (χ4n) is 2.23. The van der Waals surface area contributed by atoms with E-state index in [9.17, 15) is 4.79 Å². The van der Waals surface area contributed by atoms with E-state index in [1.807, 2.05) is 30.3 Å². The molecule has 0 fully saturated rings. The Bertz CT molecular complexity index is 884. The van der Waals surface area contributed by atoms with E-state index < -0.39 is 0 Å². The SMILES string of the molecule is C=CCc1ccccc1Oc1ncc(Oc2ccc(C(C)=O)cc2)s1. The third kappa shape index (κ3) is 4.33. The van der Waals surface area contributed by atoms with Crippen molar-refractivity contribution in [2.24, 2.45) is 0 Å². The van der Waals surface area contributed by atoms with E-state index in [0.717, 1.165) is 17.7 Å². The van der Waals surface area contributed by atoms with Crippen LogP contribution in [-0.2, 0) is 6.42 Å². The van der Waals surface area contributed by atoms with Crippen LogP contribution in [-0.4, -0.2) is 10.8 Å². The number of benzene rings is 2. The van der Waals surface area contributed by atoms with Gasteiger partial charge < -0.3 is 9.47 Å². The Kier molecular flexibility index (Phi) is 5.26. The quantitative estimate of drug-likeness (QED) is 0.407. The van der Waals surface area contributed by atoms with Crippen molar-refractivity contribution < 1.29 is 14.3 Å². The topological polar surface area (TPSA) is 48.4 Å². The number of thiazole rings is 1. The second-order valence-electron chi connectivity index (χ2n) is 5.33. The highest BCUT2D eigenvalue weighted by molar-refractivity contribution is 7.15. The predicted octanol–water partition coefficient (Wildman–Crippen LogP) is 5.66. The van der Waals surface area contributed by atoms with Crippen LogP contribution in [0.3, 0.4) is 0 Å². The number of carbonyl (C=O) groups is 1. The van der Waals surface area contributed by atoms with E-state index in [4.69, 9.17) is 9.47 Å². The van der Waals surface area contributed by atoms with Gasteiger partial charge in [-0.3, -0.25) is 4.79 Å². The van der Waals surface area contributed by atoms with E-state index in [1.165, 1.54) is 18.3 Å². The Morgan fingerprint density at radius 1 is 1.16 bits per heavy atom. The second-order valence-corrected chi connectivity index (χ2v) is 6.29. The molecule has 25 heavy (non-hydrogen) atoms. The van der Waals surface area contributed by atoms with Gasteiger partial charge in [-0.25, -0.2) is 4.98 Å². The van der Waals surface area contributed by atoms with Crippen LogP contribution in [0.25, 0.3) is 0 Å². The van der Waals surface area contributed by atoms with E-state index in [-0.39, 0.29) is 5.78 Å². The number of nitrogens with zero attached hydrogens (tertiary/aromatic N) is 1. The zero-order valence-corrected chi connectivity index (χ0v) is 14.6. The highest BCUT2D eigenvalue weighted by Crippen LogP contribution is 2.35. The average molecular weight is 351 g/mol. The molecular weight excluding hydrogens is 334 g/mol. The molecule has 1 heterocycles. The van der Waals surface area contributed by atoms with Crippen LogP contribution in [0, 0.1) is 0 Å². The van der Waals surface area contributed by atoms with Crippen molar-refractivity contribution in [3.05, 3.63) is 78.5 Å². The van der Waals surface area contributed by atoms with Crippen LogP contribution in [0.5, 0.6) is 21.8 Å². The highest BCUT2D eigenvalue weighted by Gasteiger charge is 2.09. The van der Waals surface area contributed by atoms with Crippen molar-refractivity contribution >= 4 is 17.1 Å². The van der Waals surface area contributed by atoms with Crippen LogP contribution < -0.4 is 9.47 Å². The summed E-state index contributed by atoms with van der Waals surface area (Å²) in [6, 6.07) is 14.8. The largest absolute Gasteiger partial charge is 0.445 e. The average Bonchev–Trinajstić information content (AvgIpc) is 3.04. The molecule has 1 aromatic heterocycles. The molecule has 0 unspecified atom stereocenters. The number of hydrogen-bond acceptors (Lipinski definition) is 5. The van der Waals surface area contributed by atoms with Gasteiger partial charge in [0.1, 0.15) is 11.5 Å². The van der Waals surface area contributed by atoms with Gasteiger partial charge in [0.15, 0.2) is 5.78 Å². The summed E-state index contributed by atoms with van der Waals surface area (Å²) in [4.78, 5) is 15.5. The van der Waals surface area contributed by atoms with Gasteiger partial charge >= 0.3 is 0 Å². The number of ketones is 1. The van der Waals surface area contributed by atoms with Crippen LogP contribution in [0.4, 0.5) is 0 Å². The van der Waals surface area contributed by atoms with Gasteiger partial charge in [-0.15, -0.1) is 6.58 Å². The molecular formula is C20H17NO3S. The zero-order valence-electron chi connectivity index (χ0n) is 13.8. The minimum Gasteiger partial charge on any atom is -0.445 e. The van der Waals surface area contributed by atoms with Gasteiger partial charge in [-0.05, 0) is 60.6 Å². The molecule has 0 bridgehead atoms. The summed E-state index contributed by atoms with van der Waals surface area (Å²) in [7, 11) is 0. The Morgan fingerprint density at radius 3 is 2.64 bits per heavy atom. The van der Waals surface area contributed by atoms with Crippen molar-refractivity contribution in [1.82, 2.24) is 4.98 Å². The molecule has 0 amide bonds. The number of allylic oxidation sites excluding steroid dienone is 1. The Balaban J connectivity index is 1.70. The number of para-hydroxylation sites is 1. The number of hydrogen-bond donors (Lipinski definition) is 0. The fourth-order valence-corrected chi connectivity index (χ4v) is 2.89. The molecule has 0 atom stereocenters. The molecule has 0 spiro atoms. The van der Waals surface area contributed by atoms with E-state index >= 15 is 0 Å². The van der Waals surface area contributed by atoms with Gasteiger partial charge in [0.05, 0.1) is 6.20 Å². The Hall–Kier alpha value is -2.92. The molecule has 126 valence electrons. The fraction of sp³-hybridized carbons (Fsp3) is 0.100. The molecule has 0 aliphatic heterocycles. The Labute approximate surface area is 150 Å². The monoisotopic (exact) mass is 351 g/mol. The van der Waals surface area contributed by atoms with Crippen LogP contribution in [0.15, 0.2) is 67.4 Å². The lowest BCUT2D eigenvalue weighted by Gasteiger charge is -2.06. The predicted molar refractivity (Wildman–Crippen MR) is 99.1 cm³/mol. The third-order valence-electron chi connectivity index (χ3n) is 3.48. The van der Waals surface area contributed by atoms with Gasteiger partial charge in [0.2, 0.25) is 5.06 Å². The maximum Gasteiger partial charge on any atom is 0.282 e. The second kappa shape index (κ2) is 7.77. The smallest absolute Gasteiger partial charge is 0.282 e. The molecule has 0 saturated carbocycles. The number of aromatic nitrogens is 1. The summed E-state index contributed by atoms with van der Waals surface area (Å²) < 4.78 is 11.6. The highest BCUT2D eigenvalue weighted by atomic mass is 32.1. The van der Waals surface area contributed by atoms with Crippen molar-refractivity contribution in [2.45, 2.75) is 13.3 Å². The molecule has 0 radical (unpaired) electrons. The molecule has 0 aliphatic carbocycles. The van der Waals surface area contributed by atoms with E-state index in [1.54, 1.807) is 30.5 Å². The van der Waals surface area contributed by atoms with E-state index in [2.05, 4.69) is 11.6 Å². The number of ether oxygens (including phenoxy) is 2. The zero-order chi connectivity index (χ0) is 17.6. The van der Waals surface area contributed by atoms with Crippen molar-refractivity contribution in [1.29, 1.82) is 0 Å². The lowest BCUT2D eigenvalue weighted by atomic mass is 10.1. The number of Topliss-reactive ketones (excluding diaryl/α,β-unsaturated/α-hetero) is 1. The minimum absolute atomic E-state index is 0.0261. The van der Waals surface area contributed by atoms with Crippen LogP contribution in [0.2, 0.25) is 0 Å². The standard InChI is InChI=1S/C20H17NO3S/c1-3-6-16-7-4-5-8-18(16)24-20-21-13-19(25-20)23-17-11-9-15(10-12-17)14(2)22/h3-5,7-13H,1,6H2,2H3. The molecule has 4 nitrogen and oxygen atoms in total. The van der Waals surface area contributed by atoms with Crippen LogP contribution in [0.1, 0.15) is 22.8 Å². The normalized spacial score (nSPS) is 10.3. The van der Waals surface area contributed by atoms with Gasteiger partial charge in [0.25, 0.3) is 5.19 Å². The lowest BCUT2D eigenvalue weighted by molar-refractivity contribution is 0.101. The molecule has 0 saturated heterocycles. The molecule has 0 N–H and O–H groups in total. The minimum atomic E-state index is 0.0261. The first-order chi connectivity index (χ1) is 12.2. The Morgan fingerprint density at radius 2 is 1.92 bits per heavy atom. The number of rotatable bonds is 7. The van der Waals surface area contributed by atoms with E-state index in [0.29, 0.717) is 21.6 Å². The molecule has 0 aliphatic rings. The van der Waals surface area contributed by atoms with Crippen molar-refractivity contribution in [3.8, 4) is 21.8 Å². The first-order valence-corrected chi connectivity index (χ1v) is 8.58. The summed E-state index contributed by atoms with van der Waals surface area (Å²) in [5.74, 6) is 1.43. The van der Waals surface area contributed by atoms with Gasteiger partial charge in [-0.1, -0.05) is 24.3 Å². The van der Waals surface area contributed by atoms with Crippen molar-refractivity contribution in [2.75, 3.05) is 0 Å². The molecule has 3 rings (SSSR count). The maximum atomic E-state index is 11.3. The van der Waals surface area contributed by atoms with Gasteiger partial charge in [-0.2, -0.15) is 0 Å². The third-order valence-corrected chi connectivity index (χ3v) is 4.23. The van der Waals surface area contributed by atoms with Crippen LogP contribution >= 0.6 is 11.3 Å². The van der Waals surface area contributed by atoms with Crippen molar-refractivity contribution in [3.63, 3.8) is 0 Å². The molecule has 3 aromatic rings. The first kappa shape index (κ1) is 16.9. The van der Waals surface area contributed by atoms with Gasteiger partial charge in [0, 0.05) is 5.56 Å². The summed E-state index contributed by atoms with van der Waals surface area (Å²) in [6.45, 7) is 5.30. The summed E-state index contributed by atoms with van der Waals surface area (Å²) >= 11 is 1.31. The summed E-state index contributed by atoms with van der Waals surface area (Å²) in [6.07, 6.45) is 4.19.